The SMILES string of the molecule is CC.CC(=O)C(N)Cc1cnc[nH]1. The molecule has 0 amide bonds. The minimum Gasteiger partial charge on any atom is -0.348 e. The number of hydrogen-bond acceptors (Lipinski definition) is 3. The van der Waals surface area contributed by atoms with E-state index in [0.717, 1.165) is 5.69 Å². The van der Waals surface area contributed by atoms with Gasteiger partial charge in [-0.1, -0.05) is 13.8 Å². The number of nitrogens with zero attached hydrogens (tertiary/aromatic N) is 1. The zero-order valence-electron chi connectivity index (χ0n) is 8.37. The summed E-state index contributed by atoms with van der Waals surface area (Å²) in [5, 5.41) is 0. The number of Topliss-reactive ketones (excluding diaryl/α,β-unsaturated/α-hetero) is 1. The molecular formula is C9H17N3O. The van der Waals surface area contributed by atoms with Gasteiger partial charge in [0.2, 0.25) is 0 Å². The third-order valence-corrected chi connectivity index (χ3v) is 1.52. The van der Waals surface area contributed by atoms with Gasteiger partial charge in [-0.2, -0.15) is 0 Å². The molecular weight excluding hydrogens is 166 g/mol. The van der Waals surface area contributed by atoms with Gasteiger partial charge in [0.1, 0.15) is 5.78 Å². The van der Waals surface area contributed by atoms with Crippen molar-refractivity contribution < 1.29 is 4.79 Å². The Hall–Kier alpha value is -1.16. The summed E-state index contributed by atoms with van der Waals surface area (Å²) in [6, 6.07) is -0.407. The van der Waals surface area contributed by atoms with Crippen LogP contribution < -0.4 is 5.73 Å². The van der Waals surface area contributed by atoms with Crippen molar-refractivity contribution in [3.8, 4) is 0 Å². The quantitative estimate of drug-likeness (QED) is 0.731. The van der Waals surface area contributed by atoms with Crippen molar-refractivity contribution in [2.75, 3.05) is 0 Å². The third kappa shape index (κ3) is 4.42. The molecule has 1 aromatic rings. The Kier molecular flexibility index (Phi) is 5.80. The van der Waals surface area contributed by atoms with Gasteiger partial charge in [-0.3, -0.25) is 4.79 Å². The van der Waals surface area contributed by atoms with Crippen molar-refractivity contribution in [3.05, 3.63) is 18.2 Å². The third-order valence-electron chi connectivity index (χ3n) is 1.52. The number of aromatic nitrogens is 2. The average molecular weight is 183 g/mol. The predicted molar refractivity (Wildman–Crippen MR) is 52.3 cm³/mol. The maximum atomic E-state index is 10.7. The van der Waals surface area contributed by atoms with E-state index in [9.17, 15) is 4.79 Å². The van der Waals surface area contributed by atoms with Crippen LogP contribution in [0.15, 0.2) is 12.5 Å². The second kappa shape index (κ2) is 6.37. The van der Waals surface area contributed by atoms with E-state index in [-0.39, 0.29) is 5.78 Å². The van der Waals surface area contributed by atoms with E-state index in [1.165, 1.54) is 6.92 Å². The number of carbonyl (C=O) groups is 1. The molecule has 1 unspecified atom stereocenters. The molecule has 4 heteroatoms. The zero-order valence-corrected chi connectivity index (χ0v) is 8.37. The first kappa shape index (κ1) is 11.8. The summed E-state index contributed by atoms with van der Waals surface area (Å²) in [6.45, 7) is 5.49. The lowest BCUT2D eigenvalue weighted by Gasteiger charge is -2.03. The average Bonchev–Trinajstić information content (AvgIpc) is 2.60. The lowest BCUT2D eigenvalue weighted by Crippen LogP contribution is -2.30. The van der Waals surface area contributed by atoms with Gasteiger partial charge in [0, 0.05) is 18.3 Å². The van der Waals surface area contributed by atoms with Crippen LogP contribution in [0.5, 0.6) is 0 Å². The van der Waals surface area contributed by atoms with Crippen molar-refractivity contribution in [2.45, 2.75) is 33.2 Å². The molecule has 0 fully saturated rings. The molecule has 1 heterocycles. The van der Waals surface area contributed by atoms with Gasteiger partial charge in [-0.25, -0.2) is 4.98 Å². The largest absolute Gasteiger partial charge is 0.348 e. The van der Waals surface area contributed by atoms with Gasteiger partial charge in [-0.15, -0.1) is 0 Å². The number of rotatable bonds is 3. The monoisotopic (exact) mass is 183 g/mol. The number of H-pyrrole nitrogens is 1. The van der Waals surface area contributed by atoms with E-state index < -0.39 is 6.04 Å². The number of hydrogen-bond donors (Lipinski definition) is 2. The van der Waals surface area contributed by atoms with Crippen LogP contribution in [0.2, 0.25) is 0 Å². The minimum atomic E-state index is -0.407. The molecule has 0 radical (unpaired) electrons. The molecule has 0 spiro atoms. The summed E-state index contributed by atoms with van der Waals surface area (Å²) in [6.07, 6.45) is 3.78. The molecule has 3 N–H and O–H groups in total. The van der Waals surface area contributed by atoms with Crippen LogP contribution in [-0.4, -0.2) is 21.8 Å². The van der Waals surface area contributed by atoms with E-state index in [1.54, 1.807) is 12.5 Å². The Balaban J connectivity index is 0.000000671. The highest BCUT2D eigenvalue weighted by molar-refractivity contribution is 5.81. The summed E-state index contributed by atoms with van der Waals surface area (Å²) in [5.41, 5.74) is 6.41. The Labute approximate surface area is 78.6 Å². The Morgan fingerprint density at radius 2 is 2.31 bits per heavy atom. The summed E-state index contributed by atoms with van der Waals surface area (Å²) in [7, 11) is 0. The van der Waals surface area contributed by atoms with E-state index in [2.05, 4.69) is 9.97 Å². The minimum absolute atomic E-state index is 0.000370. The van der Waals surface area contributed by atoms with Gasteiger partial charge in [0.25, 0.3) is 0 Å². The summed E-state index contributed by atoms with van der Waals surface area (Å²) < 4.78 is 0. The fourth-order valence-electron chi connectivity index (χ4n) is 0.777. The number of carbonyl (C=O) groups excluding carboxylic acids is 1. The maximum absolute atomic E-state index is 10.7. The Bertz CT molecular complexity index is 231. The molecule has 0 saturated carbocycles. The predicted octanol–water partition coefficient (Wildman–Crippen LogP) is 0.895. The Morgan fingerprint density at radius 3 is 2.69 bits per heavy atom. The van der Waals surface area contributed by atoms with Gasteiger partial charge >= 0.3 is 0 Å². The highest BCUT2D eigenvalue weighted by Crippen LogP contribution is 1.96. The number of ketones is 1. The molecule has 74 valence electrons. The van der Waals surface area contributed by atoms with Crippen LogP contribution in [0.3, 0.4) is 0 Å². The van der Waals surface area contributed by atoms with E-state index in [0.29, 0.717) is 6.42 Å². The molecule has 1 aromatic heterocycles. The smallest absolute Gasteiger partial charge is 0.146 e. The lowest BCUT2D eigenvalue weighted by atomic mass is 10.1. The highest BCUT2D eigenvalue weighted by atomic mass is 16.1. The van der Waals surface area contributed by atoms with Crippen LogP contribution in [0.25, 0.3) is 0 Å². The molecule has 0 bridgehead atoms. The zero-order chi connectivity index (χ0) is 10.3. The van der Waals surface area contributed by atoms with Gasteiger partial charge in [0.05, 0.1) is 12.4 Å². The van der Waals surface area contributed by atoms with Crippen LogP contribution in [0, 0.1) is 0 Å². The van der Waals surface area contributed by atoms with Crippen molar-refractivity contribution in [2.24, 2.45) is 5.73 Å². The standard InChI is InChI=1S/C7H11N3O.C2H6/c1-5(11)7(8)2-6-3-9-4-10-6;1-2/h3-4,7H,2,8H2,1H3,(H,9,10);1-2H3. The maximum Gasteiger partial charge on any atom is 0.146 e. The van der Waals surface area contributed by atoms with Crippen molar-refractivity contribution in [1.29, 1.82) is 0 Å². The fraction of sp³-hybridized carbons (Fsp3) is 0.556. The fourth-order valence-corrected chi connectivity index (χ4v) is 0.777. The van der Waals surface area contributed by atoms with Crippen LogP contribution in [0.1, 0.15) is 26.5 Å². The molecule has 0 aliphatic rings. The number of aromatic amines is 1. The first-order chi connectivity index (χ1) is 6.20. The molecule has 0 aliphatic carbocycles. The van der Waals surface area contributed by atoms with Gasteiger partial charge in [-0.05, 0) is 6.92 Å². The van der Waals surface area contributed by atoms with Gasteiger partial charge < -0.3 is 10.7 Å². The number of nitrogens with two attached hydrogens (primary N) is 1. The lowest BCUT2D eigenvalue weighted by molar-refractivity contribution is -0.118. The summed E-state index contributed by atoms with van der Waals surface area (Å²) >= 11 is 0. The van der Waals surface area contributed by atoms with Crippen molar-refractivity contribution >= 4 is 5.78 Å². The highest BCUT2D eigenvalue weighted by Gasteiger charge is 2.08. The summed E-state index contributed by atoms with van der Waals surface area (Å²) in [5.74, 6) is -0.000370. The molecule has 0 aliphatic heterocycles. The second-order valence-electron chi connectivity index (χ2n) is 2.50. The Morgan fingerprint density at radius 1 is 1.69 bits per heavy atom. The molecule has 0 aromatic carbocycles. The molecule has 1 atom stereocenters. The number of nitrogens with one attached hydrogen (secondary N) is 1. The van der Waals surface area contributed by atoms with Crippen LogP contribution in [-0.2, 0) is 11.2 Å². The molecule has 1 rings (SSSR count). The first-order valence-electron chi connectivity index (χ1n) is 4.43. The molecule has 4 nitrogen and oxygen atoms in total. The van der Waals surface area contributed by atoms with Gasteiger partial charge in [0.15, 0.2) is 0 Å². The van der Waals surface area contributed by atoms with E-state index in [1.807, 2.05) is 13.8 Å². The number of imidazole rings is 1. The molecule has 13 heavy (non-hydrogen) atoms. The van der Waals surface area contributed by atoms with Crippen LogP contribution in [0.4, 0.5) is 0 Å². The van der Waals surface area contributed by atoms with E-state index in [4.69, 9.17) is 5.73 Å². The first-order valence-corrected chi connectivity index (χ1v) is 4.43. The topological polar surface area (TPSA) is 71.8 Å². The normalized spacial score (nSPS) is 11.4. The second-order valence-corrected chi connectivity index (χ2v) is 2.50. The summed E-state index contributed by atoms with van der Waals surface area (Å²) in [4.78, 5) is 17.4. The van der Waals surface area contributed by atoms with Crippen LogP contribution >= 0.6 is 0 Å². The van der Waals surface area contributed by atoms with Crippen molar-refractivity contribution in [3.63, 3.8) is 0 Å². The van der Waals surface area contributed by atoms with E-state index >= 15 is 0 Å². The molecule has 0 saturated heterocycles. The van der Waals surface area contributed by atoms with Crippen molar-refractivity contribution in [1.82, 2.24) is 9.97 Å².